The fourth-order valence-electron chi connectivity index (χ4n) is 4.94. The number of unbranched alkanes of at least 4 members (excludes halogenated alkanes) is 8. The van der Waals surface area contributed by atoms with Crippen LogP contribution in [0.15, 0.2) is 97.2 Å². The Morgan fingerprint density at radius 2 is 1.07 bits per heavy atom. The van der Waals surface area contributed by atoms with E-state index >= 15 is 0 Å². The van der Waals surface area contributed by atoms with Crippen molar-refractivity contribution in [2.24, 2.45) is 0 Å². The van der Waals surface area contributed by atoms with E-state index in [1.165, 1.54) is 38.5 Å². The first-order chi connectivity index (χ1) is 28.1. The van der Waals surface area contributed by atoms with Crippen LogP contribution in [0.1, 0.15) is 136 Å². The lowest BCUT2D eigenvalue weighted by molar-refractivity contribution is -0.161. The summed E-state index contributed by atoms with van der Waals surface area (Å²) in [5, 5.41) is 28.4. The van der Waals surface area contributed by atoms with Crippen molar-refractivity contribution in [3.8, 4) is 0 Å². The van der Waals surface area contributed by atoms with Crippen molar-refractivity contribution >= 4 is 19.8 Å². The van der Waals surface area contributed by atoms with Crippen molar-refractivity contribution in [3.05, 3.63) is 97.2 Å². The van der Waals surface area contributed by atoms with Crippen LogP contribution >= 0.6 is 7.82 Å². The third-order valence-corrected chi connectivity index (χ3v) is 9.24. The van der Waals surface area contributed by atoms with Gasteiger partial charge in [-0.15, -0.1) is 0 Å². The summed E-state index contributed by atoms with van der Waals surface area (Å²) in [6.07, 6.45) is 45.5. The molecule has 0 heterocycles. The quantitative estimate of drug-likeness (QED) is 0.0154. The third kappa shape index (κ3) is 39.7. The minimum atomic E-state index is -4.67. The van der Waals surface area contributed by atoms with Crippen LogP contribution in [-0.2, 0) is 32.7 Å². The number of allylic oxidation sites excluding steroid dienone is 14. The maximum atomic E-state index is 12.6. The van der Waals surface area contributed by atoms with Gasteiger partial charge in [-0.25, -0.2) is 4.57 Å². The predicted molar refractivity (Wildman–Crippen MR) is 234 cm³/mol. The molecule has 0 aliphatic rings. The number of aliphatic hydroxyl groups is 3. The van der Waals surface area contributed by atoms with E-state index in [2.05, 4.69) is 67.0 Å². The predicted octanol–water partition coefficient (Wildman–Crippen LogP) is 10.2. The molecule has 58 heavy (non-hydrogen) atoms. The molecule has 4 N–H and O–H groups in total. The topological polar surface area (TPSA) is 169 Å². The molecule has 330 valence electrons. The molecule has 11 nitrogen and oxygen atoms in total. The molecule has 4 atom stereocenters. The molecule has 0 saturated heterocycles. The Kier molecular flexibility index (Phi) is 38.4. The maximum absolute atomic E-state index is 12.6. The van der Waals surface area contributed by atoms with Gasteiger partial charge in [0.2, 0.25) is 0 Å². The van der Waals surface area contributed by atoms with Crippen LogP contribution in [0.2, 0.25) is 0 Å². The van der Waals surface area contributed by atoms with E-state index in [4.69, 9.17) is 19.1 Å². The van der Waals surface area contributed by atoms with Gasteiger partial charge in [0, 0.05) is 12.8 Å². The second kappa shape index (κ2) is 40.6. The zero-order valence-corrected chi connectivity index (χ0v) is 36.2. The molecule has 12 heteroatoms. The Morgan fingerprint density at radius 3 is 1.62 bits per heavy atom. The summed E-state index contributed by atoms with van der Waals surface area (Å²) in [5.74, 6) is -1.13. The lowest BCUT2D eigenvalue weighted by Crippen LogP contribution is -2.29. The van der Waals surface area contributed by atoms with Crippen LogP contribution in [0.4, 0.5) is 0 Å². The summed E-state index contributed by atoms with van der Waals surface area (Å²) in [4.78, 5) is 34.9. The van der Waals surface area contributed by atoms with Gasteiger partial charge in [0.25, 0.3) is 0 Å². The monoisotopic (exact) mass is 835 g/mol. The van der Waals surface area contributed by atoms with E-state index in [0.29, 0.717) is 32.1 Å². The lowest BCUT2D eigenvalue weighted by Gasteiger charge is -2.20. The summed E-state index contributed by atoms with van der Waals surface area (Å²) in [6, 6.07) is 0. The number of esters is 2. The highest BCUT2D eigenvalue weighted by atomic mass is 31.2. The average Bonchev–Trinajstić information content (AvgIpc) is 3.21. The number of phosphoric ester groups is 1. The Morgan fingerprint density at radius 1 is 0.586 bits per heavy atom. The first kappa shape index (κ1) is 54.9. The Balaban J connectivity index is 4.61. The average molecular weight is 835 g/mol. The second-order valence-electron chi connectivity index (χ2n) is 13.9. The van der Waals surface area contributed by atoms with Crippen molar-refractivity contribution in [2.45, 2.75) is 154 Å². The Hall–Kier alpha value is -3.15. The van der Waals surface area contributed by atoms with Crippen molar-refractivity contribution in [1.29, 1.82) is 0 Å². The first-order valence-corrected chi connectivity index (χ1v) is 22.8. The highest BCUT2D eigenvalue weighted by Gasteiger charge is 2.27. The van der Waals surface area contributed by atoms with Gasteiger partial charge in [-0.3, -0.25) is 18.6 Å². The molecule has 0 rings (SSSR count). The van der Waals surface area contributed by atoms with Crippen molar-refractivity contribution in [2.75, 3.05) is 26.4 Å². The number of aliphatic hydroxyl groups excluding tert-OH is 3. The van der Waals surface area contributed by atoms with Gasteiger partial charge in [0.1, 0.15) is 12.7 Å². The number of hydrogen-bond donors (Lipinski definition) is 4. The lowest BCUT2D eigenvalue weighted by atomic mass is 10.2. The SMILES string of the molecule is CCCCC/C=C\C/C=C\C/C=C\C/C=C\CCCC(=O)O[C@H](COC(=O)CCC/C=C/C=C\C(O)C/C=C\C/C=C\CCCCC)COP(=O)(O)OC[C@@H](O)CO. The van der Waals surface area contributed by atoms with Crippen LogP contribution in [0.3, 0.4) is 0 Å². The van der Waals surface area contributed by atoms with E-state index in [9.17, 15) is 29.3 Å². The van der Waals surface area contributed by atoms with Gasteiger partial charge >= 0.3 is 19.8 Å². The minimum absolute atomic E-state index is 0.0732. The van der Waals surface area contributed by atoms with Gasteiger partial charge in [-0.2, -0.15) is 0 Å². The van der Waals surface area contributed by atoms with Crippen LogP contribution < -0.4 is 0 Å². The molecule has 0 aliphatic heterocycles. The molecule has 0 aliphatic carbocycles. The van der Waals surface area contributed by atoms with E-state index in [0.717, 1.165) is 38.5 Å². The Bertz CT molecular complexity index is 1300. The van der Waals surface area contributed by atoms with Gasteiger partial charge in [-0.1, -0.05) is 137 Å². The number of rotatable bonds is 38. The molecule has 0 radical (unpaired) electrons. The van der Waals surface area contributed by atoms with Crippen molar-refractivity contribution in [3.63, 3.8) is 0 Å². The summed E-state index contributed by atoms with van der Waals surface area (Å²) in [7, 11) is -4.67. The number of carbonyl (C=O) groups is 2. The van der Waals surface area contributed by atoms with Crippen LogP contribution in [-0.4, -0.2) is 76.9 Å². The van der Waals surface area contributed by atoms with Gasteiger partial charge in [0.15, 0.2) is 6.10 Å². The van der Waals surface area contributed by atoms with Crippen LogP contribution in [0.5, 0.6) is 0 Å². The molecule has 0 saturated carbocycles. The van der Waals surface area contributed by atoms with Gasteiger partial charge in [0.05, 0.1) is 25.9 Å². The third-order valence-electron chi connectivity index (χ3n) is 8.29. The van der Waals surface area contributed by atoms with E-state index in [1.54, 1.807) is 12.2 Å². The standard InChI is InChI=1S/C46H75O11P/c1-3-5-7-9-11-13-14-15-16-17-18-19-20-22-24-28-33-37-46(51)57-44(41-56-58(52,53)55-39-43(49)38-47)40-54-45(50)36-32-29-25-27-31-35-42(48)34-30-26-23-21-12-10-8-6-4-2/h11-13,15-16,18-19,21-22,24-27,30-31,35,42-44,47-49H,3-10,14,17,20,23,28-29,32-34,36-41H2,1-2H3,(H,52,53)/b13-11-,16-15-,19-18-,21-12-,24-22-,27-25+,30-26-,35-31-/t42?,43-,44+/m0/s1. The zero-order chi connectivity index (χ0) is 42.8. The first-order valence-electron chi connectivity index (χ1n) is 21.3. The van der Waals surface area contributed by atoms with Crippen LogP contribution in [0.25, 0.3) is 0 Å². The van der Waals surface area contributed by atoms with Crippen LogP contribution in [0, 0.1) is 0 Å². The fourth-order valence-corrected chi connectivity index (χ4v) is 5.73. The number of hydrogen-bond acceptors (Lipinski definition) is 10. The molecule has 0 aromatic carbocycles. The molecule has 0 bridgehead atoms. The molecule has 0 fully saturated rings. The molecule has 0 aromatic heterocycles. The molecular weight excluding hydrogens is 759 g/mol. The highest BCUT2D eigenvalue weighted by Crippen LogP contribution is 2.43. The van der Waals surface area contributed by atoms with Gasteiger partial charge < -0.3 is 29.7 Å². The molecule has 0 spiro atoms. The Labute approximate surface area is 349 Å². The minimum Gasteiger partial charge on any atom is -0.462 e. The van der Waals surface area contributed by atoms with Crippen molar-refractivity contribution < 1.29 is 52.9 Å². The maximum Gasteiger partial charge on any atom is 0.472 e. The number of carbonyl (C=O) groups excluding carboxylic acids is 2. The summed E-state index contributed by atoms with van der Waals surface area (Å²) in [5.41, 5.74) is 0. The summed E-state index contributed by atoms with van der Waals surface area (Å²) < 4.78 is 32.5. The van der Waals surface area contributed by atoms with E-state index in [-0.39, 0.29) is 12.8 Å². The smallest absolute Gasteiger partial charge is 0.462 e. The molecule has 2 unspecified atom stereocenters. The zero-order valence-electron chi connectivity index (χ0n) is 35.3. The number of ether oxygens (including phenoxy) is 2. The second-order valence-corrected chi connectivity index (χ2v) is 15.3. The summed E-state index contributed by atoms with van der Waals surface area (Å²) in [6.45, 7) is 2.06. The van der Waals surface area contributed by atoms with E-state index in [1.807, 2.05) is 36.5 Å². The number of phosphoric acid groups is 1. The van der Waals surface area contributed by atoms with Gasteiger partial charge in [-0.05, 0) is 83.5 Å². The summed E-state index contributed by atoms with van der Waals surface area (Å²) >= 11 is 0. The largest absolute Gasteiger partial charge is 0.472 e. The molecule has 0 aromatic rings. The van der Waals surface area contributed by atoms with Crippen molar-refractivity contribution in [1.82, 2.24) is 0 Å². The van der Waals surface area contributed by atoms with E-state index < -0.39 is 64.5 Å². The highest BCUT2D eigenvalue weighted by molar-refractivity contribution is 7.47. The molecular formula is C46H75O11P. The normalized spacial score (nSPS) is 15.3. The molecule has 0 amide bonds. The fraction of sp³-hybridized carbons (Fsp3) is 0.609.